The van der Waals surface area contributed by atoms with Crippen LogP contribution in [-0.2, 0) is 13.1 Å². The number of likely N-dealkylation sites (tertiary alicyclic amines) is 1. The third kappa shape index (κ3) is 5.45. The average Bonchev–Trinajstić information content (AvgIpc) is 3.14. The van der Waals surface area contributed by atoms with E-state index in [1.165, 1.54) is 5.56 Å². The van der Waals surface area contributed by atoms with E-state index < -0.39 is 0 Å². The number of methoxy groups -OCH3 is 1. The number of amides is 1. The molecule has 6 nitrogen and oxygen atoms in total. The third-order valence-corrected chi connectivity index (χ3v) is 6.51. The van der Waals surface area contributed by atoms with Crippen molar-refractivity contribution in [3.8, 4) is 5.75 Å². The number of hydrogen-bond donors (Lipinski definition) is 1. The molecule has 1 N–H and O–H groups in total. The number of piperidine rings is 1. The van der Waals surface area contributed by atoms with Crippen molar-refractivity contribution in [3.63, 3.8) is 0 Å². The molecule has 4 rings (SSSR count). The Balaban J connectivity index is 1.42. The molecule has 0 radical (unpaired) electrons. The zero-order chi connectivity index (χ0) is 23.4. The van der Waals surface area contributed by atoms with Crippen molar-refractivity contribution in [3.05, 3.63) is 82.1 Å². The summed E-state index contributed by atoms with van der Waals surface area (Å²) in [5, 5.41) is 3.06. The maximum absolute atomic E-state index is 13.1. The van der Waals surface area contributed by atoms with Gasteiger partial charge >= 0.3 is 0 Å². The number of aromatic nitrogens is 1. The highest BCUT2D eigenvalue weighted by Crippen LogP contribution is 2.30. The maximum atomic E-state index is 13.1. The number of carbonyl (C=O) groups excluding carboxylic acids is 1. The van der Waals surface area contributed by atoms with Crippen LogP contribution in [0.15, 0.2) is 46.9 Å². The summed E-state index contributed by atoms with van der Waals surface area (Å²) in [6, 6.07) is 13.7. The predicted molar refractivity (Wildman–Crippen MR) is 129 cm³/mol. The fraction of sp³-hybridized carbons (Fsp3) is 0.407. The maximum Gasteiger partial charge on any atom is 0.253 e. The lowest BCUT2D eigenvalue weighted by atomic mass is 9.89. The molecule has 174 valence electrons. The van der Waals surface area contributed by atoms with E-state index in [1.54, 1.807) is 7.11 Å². The third-order valence-electron chi connectivity index (χ3n) is 6.51. The number of benzene rings is 1. The van der Waals surface area contributed by atoms with E-state index >= 15 is 0 Å². The first-order valence-corrected chi connectivity index (χ1v) is 11.6. The fourth-order valence-electron chi connectivity index (χ4n) is 4.51. The molecule has 1 fully saturated rings. The molecule has 3 aromatic rings. The van der Waals surface area contributed by atoms with Crippen LogP contribution in [0.2, 0.25) is 0 Å². The monoisotopic (exact) mass is 447 g/mol. The van der Waals surface area contributed by atoms with Crippen molar-refractivity contribution < 1.29 is 13.9 Å². The van der Waals surface area contributed by atoms with E-state index in [0.29, 0.717) is 12.1 Å². The zero-order valence-electron chi connectivity index (χ0n) is 20.0. The molecule has 1 aliphatic heterocycles. The number of para-hydroxylation sites is 1. The van der Waals surface area contributed by atoms with E-state index in [0.717, 1.165) is 66.7 Å². The molecule has 0 atom stereocenters. The van der Waals surface area contributed by atoms with Crippen LogP contribution in [0.4, 0.5) is 0 Å². The van der Waals surface area contributed by atoms with Crippen molar-refractivity contribution in [2.45, 2.75) is 52.6 Å². The number of pyridine rings is 1. The summed E-state index contributed by atoms with van der Waals surface area (Å²) in [4.78, 5) is 20.3. The van der Waals surface area contributed by atoms with Crippen LogP contribution in [0.3, 0.4) is 0 Å². The fourth-order valence-corrected chi connectivity index (χ4v) is 4.51. The summed E-state index contributed by atoms with van der Waals surface area (Å²) in [5.74, 6) is 2.97. The van der Waals surface area contributed by atoms with Gasteiger partial charge in [-0.3, -0.25) is 14.7 Å². The van der Waals surface area contributed by atoms with E-state index in [9.17, 15) is 4.79 Å². The zero-order valence-corrected chi connectivity index (χ0v) is 20.0. The van der Waals surface area contributed by atoms with Gasteiger partial charge in [0.2, 0.25) is 0 Å². The molecule has 1 amide bonds. The van der Waals surface area contributed by atoms with Gasteiger partial charge in [-0.1, -0.05) is 18.2 Å². The van der Waals surface area contributed by atoms with E-state index in [-0.39, 0.29) is 11.8 Å². The normalized spacial score (nSPS) is 14.9. The van der Waals surface area contributed by atoms with Crippen molar-refractivity contribution >= 4 is 5.91 Å². The highest BCUT2D eigenvalue weighted by molar-refractivity contribution is 5.95. The Morgan fingerprint density at radius 3 is 2.61 bits per heavy atom. The second-order valence-electron chi connectivity index (χ2n) is 8.88. The molecule has 33 heavy (non-hydrogen) atoms. The topological polar surface area (TPSA) is 67.6 Å². The minimum atomic E-state index is -0.0904. The van der Waals surface area contributed by atoms with Crippen LogP contribution in [-0.4, -0.2) is 36.0 Å². The SMILES string of the molecule is COc1ccccc1CNC(=O)c1ccc(C)nc1C1CCN(Cc2cc(C)c(C)o2)CC1. The van der Waals surface area contributed by atoms with Crippen molar-refractivity contribution in [1.29, 1.82) is 0 Å². The summed E-state index contributed by atoms with van der Waals surface area (Å²) >= 11 is 0. The summed E-state index contributed by atoms with van der Waals surface area (Å²) in [6.45, 7) is 9.23. The van der Waals surface area contributed by atoms with Gasteiger partial charge in [0.1, 0.15) is 17.3 Å². The average molecular weight is 448 g/mol. The number of nitrogens with one attached hydrogen (secondary N) is 1. The highest BCUT2D eigenvalue weighted by atomic mass is 16.5. The van der Waals surface area contributed by atoms with Gasteiger partial charge in [0.05, 0.1) is 24.9 Å². The summed E-state index contributed by atoms with van der Waals surface area (Å²) in [6.07, 6.45) is 1.95. The second-order valence-corrected chi connectivity index (χ2v) is 8.88. The van der Waals surface area contributed by atoms with Crippen LogP contribution in [0, 0.1) is 20.8 Å². The van der Waals surface area contributed by atoms with Crippen LogP contribution < -0.4 is 10.1 Å². The lowest BCUT2D eigenvalue weighted by Crippen LogP contribution is -2.34. The van der Waals surface area contributed by atoms with E-state index in [4.69, 9.17) is 14.1 Å². The minimum absolute atomic E-state index is 0.0904. The molecule has 1 aliphatic rings. The summed E-state index contributed by atoms with van der Waals surface area (Å²) in [5.41, 5.74) is 4.68. The van der Waals surface area contributed by atoms with Crippen molar-refractivity contribution in [1.82, 2.24) is 15.2 Å². The van der Waals surface area contributed by atoms with Gasteiger partial charge in [-0.05, 0) is 76.5 Å². The van der Waals surface area contributed by atoms with Crippen molar-refractivity contribution in [2.75, 3.05) is 20.2 Å². The first kappa shape index (κ1) is 23.1. The molecule has 0 bridgehead atoms. The number of hydrogen-bond acceptors (Lipinski definition) is 5. The van der Waals surface area contributed by atoms with Gasteiger partial charge in [0.25, 0.3) is 5.91 Å². The quantitative estimate of drug-likeness (QED) is 0.557. The van der Waals surface area contributed by atoms with Crippen LogP contribution in [0.1, 0.15) is 63.2 Å². The molecule has 0 saturated carbocycles. The predicted octanol–water partition coefficient (Wildman–Crippen LogP) is 4.92. The lowest BCUT2D eigenvalue weighted by molar-refractivity contribution is 0.0947. The second kappa shape index (κ2) is 10.2. The van der Waals surface area contributed by atoms with Crippen LogP contribution >= 0.6 is 0 Å². The molecule has 0 unspecified atom stereocenters. The number of carbonyl (C=O) groups is 1. The van der Waals surface area contributed by atoms with Gasteiger partial charge in [0, 0.05) is 23.7 Å². The molecular formula is C27H33N3O3. The number of rotatable bonds is 7. The molecule has 0 spiro atoms. The molecule has 3 heterocycles. The Bertz CT molecular complexity index is 1090. The van der Waals surface area contributed by atoms with Gasteiger partial charge in [-0.25, -0.2) is 0 Å². The Labute approximate surface area is 196 Å². The number of furan rings is 1. The van der Waals surface area contributed by atoms with Crippen LogP contribution in [0.25, 0.3) is 0 Å². The number of aryl methyl sites for hydroxylation is 3. The molecule has 1 aromatic carbocycles. The number of ether oxygens (including phenoxy) is 1. The van der Waals surface area contributed by atoms with E-state index in [2.05, 4.69) is 23.2 Å². The molecule has 1 saturated heterocycles. The Hall–Kier alpha value is -3.12. The van der Waals surface area contributed by atoms with Gasteiger partial charge < -0.3 is 14.5 Å². The summed E-state index contributed by atoms with van der Waals surface area (Å²) < 4.78 is 11.3. The first-order valence-electron chi connectivity index (χ1n) is 11.6. The Kier molecular flexibility index (Phi) is 7.14. The van der Waals surface area contributed by atoms with Crippen LogP contribution in [0.5, 0.6) is 5.75 Å². The largest absolute Gasteiger partial charge is 0.496 e. The molecule has 6 heteroatoms. The molecular weight excluding hydrogens is 414 g/mol. The standard InChI is InChI=1S/C27H33N3O3/c1-18-15-23(33-20(18)3)17-30-13-11-21(12-14-30)26-24(10-9-19(2)29-26)27(31)28-16-22-7-5-6-8-25(22)32-4/h5-10,15,21H,11-14,16-17H2,1-4H3,(H,28,31). The minimum Gasteiger partial charge on any atom is -0.496 e. The van der Waals surface area contributed by atoms with E-state index in [1.807, 2.05) is 50.2 Å². The number of nitrogens with zero attached hydrogens (tertiary/aromatic N) is 2. The lowest BCUT2D eigenvalue weighted by Gasteiger charge is -2.31. The smallest absolute Gasteiger partial charge is 0.253 e. The van der Waals surface area contributed by atoms with Gasteiger partial charge in [0.15, 0.2) is 0 Å². The first-order chi connectivity index (χ1) is 15.9. The highest BCUT2D eigenvalue weighted by Gasteiger charge is 2.26. The Morgan fingerprint density at radius 1 is 1.15 bits per heavy atom. The van der Waals surface area contributed by atoms with Gasteiger partial charge in [-0.15, -0.1) is 0 Å². The summed E-state index contributed by atoms with van der Waals surface area (Å²) in [7, 11) is 1.64. The van der Waals surface area contributed by atoms with Gasteiger partial charge in [-0.2, -0.15) is 0 Å². The molecule has 2 aromatic heterocycles. The molecule has 0 aliphatic carbocycles. The van der Waals surface area contributed by atoms with Crippen molar-refractivity contribution in [2.24, 2.45) is 0 Å². The Morgan fingerprint density at radius 2 is 1.91 bits per heavy atom.